The quantitative estimate of drug-likeness (QED) is 0.863. The molecule has 114 valence electrons. The summed E-state index contributed by atoms with van der Waals surface area (Å²) in [7, 11) is 1.70. The van der Waals surface area contributed by atoms with Crippen LogP contribution in [0.1, 0.15) is 32.3 Å². The van der Waals surface area contributed by atoms with Gasteiger partial charge in [-0.25, -0.2) is 0 Å². The van der Waals surface area contributed by atoms with Crippen LogP contribution in [-0.2, 0) is 16.1 Å². The summed E-state index contributed by atoms with van der Waals surface area (Å²) in [6, 6.07) is 10.2. The number of hydrogen-bond acceptors (Lipinski definition) is 3. The molecule has 1 atom stereocenters. The molecule has 2 rings (SSSR count). The van der Waals surface area contributed by atoms with Crippen LogP contribution in [0.2, 0.25) is 0 Å². The third kappa shape index (κ3) is 7.26. The highest BCUT2D eigenvalue weighted by Gasteiger charge is 2.21. The first-order chi connectivity index (χ1) is 9.81. The van der Waals surface area contributed by atoms with Crippen LogP contribution in [0, 0.1) is 0 Å². The molecule has 4 heteroatoms. The van der Waals surface area contributed by atoms with Crippen molar-refractivity contribution in [2.45, 2.75) is 39.3 Å². The van der Waals surface area contributed by atoms with E-state index < -0.39 is 0 Å². The number of aliphatic hydroxyl groups excluding tert-OH is 1. The van der Waals surface area contributed by atoms with Crippen molar-refractivity contribution in [3.63, 3.8) is 0 Å². The molecule has 0 unspecified atom stereocenters. The molecule has 1 aromatic rings. The van der Waals surface area contributed by atoms with Gasteiger partial charge in [0.25, 0.3) is 0 Å². The molecule has 1 amide bonds. The van der Waals surface area contributed by atoms with Gasteiger partial charge in [0.05, 0.1) is 19.3 Å². The minimum absolute atomic E-state index is 0.0995. The summed E-state index contributed by atoms with van der Waals surface area (Å²) in [6.07, 6.45) is 2.80. The number of benzene rings is 1. The van der Waals surface area contributed by atoms with Gasteiger partial charge in [0, 0.05) is 13.7 Å². The number of amides is 1. The normalized spacial score (nSPS) is 16.6. The maximum Gasteiger partial charge on any atom is 0.210 e. The smallest absolute Gasteiger partial charge is 0.210 e. The molecule has 0 aromatic heterocycles. The van der Waals surface area contributed by atoms with E-state index in [1.165, 1.54) is 5.56 Å². The molecule has 1 aliphatic heterocycles. The molecule has 1 fully saturated rings. The zero-order valence-electron chi connectivity index (χ0n) is 12.8. The molecule has 0 radical (unpaired) electrons. The Morgan fingerprint density at radius 3 is 2.45 bits per heavy atom. The van der Waals surface area contributed by atoms with E-state index in [1.54, 1.807) is 12.0 Å². The molecule has 1 N–H and O–H groups in total. The summed E-state index contributed by atoms with van der Waals surface area (Å²) < 4.78 is 4.93. The average molecular weight is 281 g/mol. The van der Waals surface area contributed by atoms with E-state index in [0.29, 0.717) is 6.61 Å². The highest BCUT2D eigenvalue weighted by atomic mass is 16.5. The Labute approximate surface area is 122 Å². The Morgan fingerprint density at radius 1 is 1.35 bits per heavy atom. The van der Waals surface area contributed by atoms with Crippen LogP contribution in [0.25, 0.3) is 0 Å². The first kappa shape index (κ1) is 18.6. The number of nitrogens with zero attached hydrogens (tertiary/aromatic N) is 1. The molecule has 1 aliphatic rings. The predicted octanol–water partition coefficient (Wildman–Crippen LogP) is 2.46. The second kappa shape index (κ2) is 12.6. The topological polar surface area (TPSA) is 49.8 Å². The monoisotopic (exact) mass is 281 g/mol. The number of rotatable bonds is 4. The average Bonchev–Trinajstić information content (AvgIpc) is 2.99. The van der Waals surface area contributed by atoms with E-state index in [0.717, 1.165) is 25.8 Å². The number of carbonyl (C=O) groups is 1. The van der Waals surface area contributed by atoms with Gasteiger partial charge in [-0.15, -0.1) is 0 Å². The van der Waals surface area contributed by atoms with Crippen LogP contribution in [0.15, 0.2) is 30.3 Å². The number of aliphatic hydroxyl groups is 1. The summed E-state index contributed by atoms with van der Waals surface area (Å²) in [5.41, 5.74) is 1.22. The first-order valence-corrected chi connectivity index (χ1v) is 7.16. The van der Waals surface area contributed by atoms with E-state index in [4.69, 9.17) is 9.84 Å². The number of ether oxygens (including phenoxy) is 1. The lowest BCUT2D eigenvalue weighted by Crippen LogP contribution is -2.30. The minimum atomic E-state index is 0.0995. The van der Waals surface area contributed by atoms with Crippen molar-refractivity contribution >= 4 is 6.41 Å². The molecule has 1 aromatic carbocycles. The number of likely N-dealkylation sites (tertiary alicyclic amines) is 1. The fourth-order valence-electron chi connectivity index (χ4n) is 1.93. The van der Waals surface area contributed by atoms with E-state index >= 15 is 0 Å². The lowest BCUT2D eigenvalue weighted by molar-refractivity contribution is -0.119. The standard InChI is InChI=1S/C8H10O.C6H11NO2.C2H6/c1-9-7-8-5-3-2-4-6-8;8-4-6-2-1-3-7(6)5-9;1-2/h2-6H,7H2,1H3;5-6,8H,1-4H2;1-2H3/t;6-;/m.0./s1. The maximum absolute atomic E-state index is 10.2. The van der Waals surface area contributed by atoms with Crippen LogP contribution < -0.4 is 0 Å². The van der Waals surface area contributed by atoms with Crippen molar-refractivity contribution in [2.75, 3.05) is 20.3 Å². The molecular weight excluding hydrogens is 254 g/mol. The van der Waals surface area contributed by atoms with Crippen LogP contribution in [-0.4, -0.2) is 42.7 Å². The Balaban J connectivity index is 0.000000321. The molecule has 1 saturated heterocycles. The van der Waals surface area contributed by atoms with Crippen molar-refractivity contribution in [1.82, 2.24) is 4.90 Å². The van der Waals surface area contributed by atoms with Gasteiger partial charge in [0.1, 0.15) is 0 Å². The number of hydrogen-bond donors (Lipinski definition) is 1. The van der Waals surface area contributed by atoms with Gasteiger partial charge in [-0.2, -0.15) is 0 Å². The summed E-state index contributed by atoms with van der Waals surface area (Å²) in [4.78, 5) is 11.8. The summed E-state index contributed by atoms with van der Waals surface area (Å²) in [5, 5.41) is 8.67. The molecule has 4 nitrogen and oxygen atoms in total. The van der Waals surface area contributed by atoms with Crippen LogP contribution in [0.3, 0.4) is 0 Å². The van der Waals surface area contributed by atoms with Gasteiger partial charge in [-0.05, 0) is 18.4 Å². The van der Waals surface area contributed by atoms with Crippen LogP contribution >= 0.6 is 0 Å². The minimum Gasteiger partial charge on any atom is -0.394 e. The van der Waals surface area contributed by atoms with Crippen LogP contribution in [0.4, 0.5) is 0 Å². The summed E-state index contributed by atoms with van der Waals surface area (Å²) in [5.74, 6) is 0. The van der Waals surface area contributed by atoms with Crippen molar-refractivity contribution in [3.05, 3.63) is 35.9 Å². The fourth-order valence-corrected chi connectivity index (χ4v) is 1.93. The zero-order chi connectivity index (χ0) is 15.2. The number of methoxy groups -OCH3 is 1. The molecular formula is C16H27NO3. The number of carbonyl (C=O) groups excluding carboxylic acids is 1. The third-order valence-electron chi connectivity index (χ3n) is 2.92. The van der Waals surface area contributed by atoms with Crippen molar-refractivity contribution in [1.29, 1.82) is 0 Å². The molecule has 0 bridgehead atoms. The summed E-state index contributed by atoms with van der Waals surface area (Å²) in [6.45, 7) is 5.63. The van der Waals surface area contributed by atoms with Crippen LogP contribution in [0.5, 0.6) is 0 Å². The van der Waals surface area contributed by atoms with E-state index in [2.05, 4.69) is 0 Å². The second-order valence-electron chi connectivity index (χ2n) is 4.24. The molecule has 0 aliphatic carbocycles. The highest BCUT2D eigenvalue weighted by Crippen LogP contribution is 2.13. The maximum atomic E-state index is 10.2. The van der Waals surface area contributed by atoms with Crippen molar-refractivity contribution in [2.24, 2.45) is 0 Å². The Hall–Kier alpha value is -1.39. The summed E-state index contributed by atoms with van der Waals surface area (Å²) >= 11 is 0. The van der Waals surface area contributed by atoms with Gasteiger partial charge in [-0.3, -0.25) is 4.79 Å². The molecule has 20 heavy (non-hydrogen) atoms. The van der Waals surface area contributed by atoms with Gasteiger partial charge >= 0.3 is 0 Å². The lowest BCUT2D eigenvalue weighted by atomic mass is 10.2. The zero-order valence-corrected chi connectivity index (χ0v) is 12.8. The first-order valence-electron chi connectivity index (χ1n) is 7.16. The van der Waals surface area contributed by atoms with Gasteiger partial charge in [0.2, 0.25) is 6.41 Å². The van der Waals surface area contributed by atoms with E-state index in [9.17, 15) is 4.79 Å². The Bertz CT molecular complexity index is 330. The fraction of sp³-hybridized carbons (Fsp3) is 0.562. The largest absolute Gasteiger partial charge is 0.394 e. The van der Waals surface area contributed by atoms with Gasteiger partial charge < -0.3 is 14.7 Å². The lowest BCUT2D eigenvalue weighted by Gasteiger charge is -2.16. The van der Waals surface area contributed by atoms with Crippen molar-refractivity contribution < 1.29 is 14.6 Å². The molecule has 1 heterocycles. The SMILES string of the molecule is CC.COCc1ccccc1.O=CN1CCC[C@H]1CO. The van der Waals surface area contributed by atoms with E-state index in [-0.39, 0.29) is 12.6 Å². The Kier molecular flexibility index (Phi) is 11.8. The van der Waals surface area contributed by atoms with Gasteiger partial charge in [-0.1, -0.05) is 44.2 Å². The molecule has 0 saturated carbocycles. The predicted molar refractivity (Wildman–Crippen MR) is 81.4 cm³/mol. The second-order valence-corrected chi connectivity index (χ2v) is 4.24. The van der Waals surface area contributed by atoms with Gasteiger partial charge in [0.15, 0.2) is 0 Å². The Morgan fingerprint density at radius 2 is 2.00 bits per heavy atom. The molecule has 0 spiro atoms. The highest BCUT2D eigenvalue weighted by molar-refractivity contribution is 5.48. The van der Waals surface area contributed by atoms with E-state index in [1.807, 2.05) is 44.2 Å². The van der Waals surface area contributed by atoms with Crippen molar-refractivity contribution in [3.8, 4) is 0 Å². The third-order valence-corrected chi connectivity index (χ3v) is 2.92.